The summed E-state index contributed by atoms with van der Waals surface area (Å²) in [5.41, 5.74) is 1.66. The third-order valence-corrected chi connectivity index (χ3v) is 5.73. The molecule has 0 radical (unpaired) electrons. The fourth-order valence-electron chi connectivity index (χ4n) is 3.14. The summed E-state index contributed by atoms with van der Waals surface area (Å²) < 4.78 is 6.43. The van der Waals surface area contributed by atoms with Gasteiger partial charge in [0.1, 0.15) is 11.4 Å². The number of rotatable bonds is 6. The van der Waals surface area contributed by atoms with E-state index in [1.807, 2.05) is 36.4 Å². The second kappa shape index (κ2) is 9.15. The number of hydrogen-bond acceptors (Lipinski definition) is 6. The predicted octanol–water partition coefficient (Wildman–Crippen LogP) is 4.33. The lowest BCUT2D eigenvalue weighted by molar-refractivity contribution is -0.116. The van der Waals surface area contributed by atoms with Crippen LogP contribution in [0.5, 0.6) is 0 Å². The Morgan fingerprint density at radius 3 is 2.50 bits per heavy atom. The third-order valence-electron chi connectivity index (χ3n) is 4.64. The van der Waals surface area contributed by atoms with Crippen LogP contribution in [0.15, 0.2) is 71.8 Å². The van der Waals surface area contributed by atoms with Gasteiger partial charge in [-0.05, 0) is 49.7 Å². The molecule has 0 saturated heterocycles. The van der Waals surface area contributed by atoms with Gasteiger partial charge in [0.25, 0.3) is 5.56 Å². The molecule has 1 N–H and O–H groups in total. The van der Waals surface area contributed by atoms with Gasteiger partial charge in [-0.1, -0.05) is 30.3 Å². The standard InChI is InChI=1S/C24H21N3O4S/c1-15(2)31-24(30)17-8-10-18(11-9-17)26-21(28)13-27-14-25-22-19(23(27)29)12-20(32-22)16-6-4-3-5-7-16/h3-12,14-15H,13H2,1-2H3,(H,26,28). The van der Waals surface area contributed by atoms with Crippen LogP contribution < -0.4 is 10.9 Å². The zero-order valence-corrected chi connectivity index (χ0v) is 18.4. The van der Waals surface area contributed by atoms with Crippen molar-refractivity contribution in [1.29, 1.82) is 0 Å². The fraction of sp³-hybridized carbons (Fsp3) is 0.167. The first-order valence-electron chi connectivity index (χ1n) is 10.1. The van der Waals surface area contributed by atoms with Gasteiger partial charge in [-0.2, -0.15) is 0 Å². The highest BCUT2D eigenvalue weighted by molar-refractivity contribution is 7.21. The minimum Gasteiger partial charge on any atom is -0.459 e. The van der Waals surface area contributed by atoms with Crippen molar-refractivity contribution in [3.63, 3.8) is 0 Å². The lowest BCUT2D eigenvalue weighted by Crippen LogP contribution is -2.27. The van der Waals surface area contributed by atoms with Crippen LogP contribution in [-0.2, 0) is 16.1 Å². The summed E-state index contributed by atoms with van der Waals surface area (Å²) in [6.07, 6.45) is 1.18. The lowest BCUT2D eigenvalue weighted by atomic mass is 10.2. The number of hydrogen-bond donors (Lipinski definition) is 1. The molecule has 0 unspecified atom stereocenters. The molecule has 162 valence electrons. The van der Waals surface area contributed by atoms with Crippen molar-refractivity contribution in [3.8, 4) is 10.4 Å². The van der Waals surface area contributed by atoms with Crippen molar-refractivity contribution in [3.05, 3.63) is 82.9 Å². The van der Waals surface area contributed by atoms with E-state index in [9.17, 15) is 14.4 Å². The maximum absolute atomic E-state index is 12.9. The quantitative estimate of drug-likeness (QED) is 0.445. The van der Waals surface area contributed by atoms with Gasteiger partial charge in [-0.3, -0.25) is 14.2 Å². The van der Waals surface area contributed by atoms with Gasteiger partial charge in [0.15, 0.2) is 0 Å². The number of nitrogens with zero attached hydrogens (tertiary/aromatic N) is 2. The number of benzene rings is 2. The first kappa shape index (κ1) is 21.5. The molecule has 4 aromatic rings. The smallest absolute Gasteiger partial charge is 0.338 e. The molecule has 0 fully saturated rings. The molecule has 0 aliphatic heterocycles. The topological polar surface area (TPSA) is 90.3 Å². The number of amides is 1. The number of esters is 1. The van der Waals surface area contributed by atoms with Crippen LogP contribution in [0.1, 0.15) is 24.2 Å². The van der Waals surface area contributed by atoms with Crippen LogP contribution in [0.25, 0.3) is 20.7 Å². The number of carbonyl (C=O) groups is 2. The zero-order chi connectivity index (χ0) is 22.7. The monoisotopic (exact) mass is 447 g/mol. The SMILES string of the molecule is CC(C)OC(=O)c1ccc(NC(=O)Cn2cnc3sc(-c4ccccc4)cc3c2=O)cc1. The molecule has 8 heteroatoms. The average Bonchev–Trinajstić information content (AvgIpc) is 3.22. The van der Waals surface area contributed by atoms with Crippen LogP contribution in [-0.4, -0.2) is 27.5 Å². The Morgan fingerprint density at radius 1 is 1.09 bits per heavy atom. The van der Waals surface area contributed by atoms with Crippen LogP contribution in [0.3, 0.4) is 0 Å². The van der Waals surface area contributed by atoms with Gasteiger partial charge in [-0.15, -0.1) is 11.3 Å². The second-order valence-corrected chi connectivity index (χ2v) is 8.48. The van der Waals surface area contributed by atoms with Crippen LogP contribution in [0.4, 0.5) is 5.69 Å². The van der Waals surface area contributed by atoms with E-state index in [1.54, 1.807) is 38.1 Å². The number of anilines is 1. The van der Waals surface area contributed by atoms with Gasteiger partial charge in [0.05, 0.1) is 23.4 Å². The summed E-state index contributed by atoms with van der Waals surface area (Å²) in [6, 6.07) is 18.0. The van der Waals surface area contributed by atoms with Gasteiger partial charge in [0.2, 0.25) is 5.91 Å². The van der Waals surface area contributed by atoms with E-state index in [0.717, 1.165) is 10.4 Å². The van der Waals surface area contributed by atoms with E-state index in [1.165, 1.54) is 22.2 Å². The van der Waals surface area contributed by atoms with E-state index in [2.05, 4.69) is 10.3 Å². The molecule has 2 heterocycles. The van der Waals surface area contributed by atoms with Crippen molar-refractivity contribution in [2.24, 2.45) is 0 Å². The highest BCUT2D eigenvalue weighted by atomic mass is 32.1. The lowest BCUT2D eigenvalue weighted by Gasteiger charge is -2.09. The highest BCUT2D eigenvalue weighted by Gasteiger charge is 2.13. The van der Waals surface area contributed by atoms with Crippen molar-refractivity contribution in [2.75, 3.05) is 5.32 Å². The molecule has 4 rings (SSSR count). The van der Waals surface area contributed by atoms with E-state index in [0.29, 0.717) is 21.5 Å². The van der Waals surface area contributed by atoms with E-state index in [-0.39, 0.29) is 24.1 Å². The summed E-state index contributed by atoms with van der Waals surface area (Å²) >= 11 is 1.44. The van der Waals surface area contributed by atoms with Crippen molar-refractivity contribution in [1.82, 2.24) is 9.55 Å². The molecule has 1 amide bonds. The number of nitrogens with one attached hydrogen (secondary N) is 1. The van der Waals surface area contributed by atoms with Gasteiger partial charge in [-0.25, -0.2) is 9.78 Å². The number of fused-ring (bicyclic) bond motifs is 1. The number of aromatic nitrogens is 2. The fourth-order valence-corrected chi connectivity index (χ4v) is 4.14. The Kier molecular flexibility index (Phi) is 6.13. The normalized spacial score (nSPS) is 11.0. The van der Waals surface area contributed by atoms with E-state index >= 15 is 0 Å². The highest BCUT2D eigenvalue weighted by Crippen LogP contribution is 2.30. The first-order chi connectivity index (χ1) is 15.4. The number of carbonyl (C=O) groups excluding carboxylic acids is 2. The Morgan fingerprint density at radius 2 is 1.81 bits per heavy atom. The van der Waals surface area contributed by atoms with Crippen molar-refractivity contribution in [2.45, 2.75) is 26.5 Å². The Hall–Kier alpha value is -3.78. The molecule has 0 atom stereocenters. The molecule has 0 bridgehead atoms. The zero-order valence-electron chi connectivity index (χ0n) is 17.6. The average molecular weight is 448 g/mol. The minimum absolute atomic E-state index is 0.171. The molecule has 2 aromatic heterocycles. The van der Waals surface area contributed by atoms with Crippen LogP contribution in [0.2, 0.25) is 0 Å². The van der Waals surface area contributed by atoms with Crippen molar-refractivity contribution >= 4 is 39.1 Å². The molecular formula is C24H21N3O4S. The molecule has 0 saturated carbocycles. The second-order valence-electron chi connectivity index (χ2n) is 7.45. The molecule has 7 nitrogen and oxygen atoms in total. The molecule has 0 aliphatic rings. The summed E-state index contributed by atoms with van der Waals surface area (Å²) in [5.74, 6) is -0.793. The summed E-state index contributed by atoms with van der Waals surface area (Å²) in [7, 11) is 0. The Labute approximate surface area is 188 Å². The Balaban J connectivity index is 1.47. The van der Waals surface area contributed by atoms with Gasteiger partial charge in [0, 0.05) is 10.6 Å². The van der Waals surface area contributed by atoms with Gasteiger partial charge < -0.3 is 10.1 Å². The number of ether oxygens (including phenoxy) is 1. The summed E-state index contributed by atoms with van der Waals surface area (Å²) in [6.45, 7) is 3.38. The largest absolute Gasteiger partial charge is 0.459 e. The molecular weight excluding hydrogens is 426 g/mol. The molecule has 0 aliphatic carbocycles. The minimum atomic E-state index is -0.422. The van der Waals surface area contributed by atoms with E-state index < -0.39 is 5.97 Å². The van der Waals surface area contributed by atoms with Crippen molar-refractivity contribution < 1.29 is 14.3 Å². The molecule has 2 aromatic carbocycles. The van der Waals surface area contributed by atoms with Crippen LogP contribution >= 0.6 is 11.3 Å². The van der Waals surface area contributed by atoms with Gasteiger partial charge >= 0.3 is 5.97 Å². The first-order valence-corrected chi connectivity index (χ1v) is 10.9. The van der Waals surface area contributed by atoms with E-state index in [4.69, 9.17) is 4.74 Å². The summed E-state index contributed by atoms with van der Waals surface area (Å²) in [4.78, 5) is 43.2. The summed E-state index contributed by atoms with van der Waals surface area (Å²) in [5, 5.41) is 3.21. The Bertz CT molecular complexity index is 1330. The maximum atomic E-state index is 12.9. The maximum Gasteiger partial charge on any atom is 0.338 e. The predicted molar refractivity (Wildman–Crippen MR) is 125 cm³/mol. The third kappa shape index (κ3) is 4.76. The number of thiophene rings is 1. The molecule has 0 spiro atoms. The molecule has 32 heavy (non-hydrogen) atoms. The van der Waals surface area contributed by atoms with Crippen LogP contribution in [0, 0.1) is 0 Å².